The van der Waals surface area contributed by atoms with E-state index in [4.69, 9.17) is 0 Å². The van der Waals surface area contributed by atoms with Crippen LogP contribution in [0.1, 0.15) is 17.2 Å². The molecule has 0 saturated heterocycles. The summed E-state index contributed by atoms with van der Waals surface area (Å²) >= 11 is 0. The number of anilines is 1. The Morgan fingerprint density at radius 2 is 1.88 bits per heavy atom. The van der Waals surface area contributed by atoms with Crippen LogP contribution >= 0.6 is 12.4 Å². The molecule has 1 unspecified atom stereocenters. The van der Waals surface area contributed by atoms with Crippen LogP contribution in [-0.4, -0.2) is 28.2 Å². The van der Waals surface area contributed by atoms with Gasteiger partial charge in [-0.05, 0) is 48.4 Å². The largest absolute Gasteiger partial charge is 0.504 e. The van der Waals surface area contributed by atoms with E-state index in [0.717, 1.165) is 29.8 Å². The predicted molar refractivity (Wildman–Crippen MR) is 93.1 cm³/mol. The average molecular weight is 352 g/mol. The van der Waals surface area contributed by atoms with Gasteiger partial charge >= 0.3 is 0 Å². The molecule has 3 rings (SSSR count). The maximum Gasteiger partial charge on any atom is 0.269 e. The molecule has 1 heterocycles. The van der Waals surface area contributed by atoms with Crippen LogP contribution in [0.4, 0.5) is 11.4 Å². The van der Waals surface area contributed by atoms with Gasteiger partial charge in [0.15, 0.2) is 11.5 Å². The van der Waals surface area contributed by atoms with E-state index in [0.29, 0.717) is 6.54 Å². The number of nitro groups is 1. The predicted octanol–water partition coefficient (Wildman–Crippen LogP) is 2.73. The zero-order chi connectivity index (χ0) is 16.4. The fourth-order valence-corrected chi connectivity index (χ4v) is 2.77. The van der Waals surface area contributed by atoms with E-state index in [1.807, 2.05) is 0 Å². The second kappa shape index (κ2) is 7.37. The molecule has 2 aromatic rings. The number of aromatic hydroxyl groups is 2. The van der Waals surface area contributed by atoms with E-state index in [2.05, 4.69) is 10.6 Å². The van der Waals surface area contributed by atoms with Crippen LogP contribution in [0.15, 0.2) is 36.4 Å². The average Bonchev–Trinajstić information content (AvgIpc) is 2.54. The van der Waals surface area contributed by atoms with Crippen molar-refractivity contribution in [3.8, 4) is 11.5 Å². The summed E-state index contributed by atoms with van der Waals surface area (Å²) in [5, 5.41) is 36.5. The Morgan fingerprint density at radius 1 is 1.21 bits per heavy atom. The third kappa shape index (κ3) is 3.69. The van der Waals surface area contributed by atoms with Crippen molar-refractivity contribution in [2.45, 2.75) is 12.5 Å². The molecule has 2 aromatic carbocycles. The molecule has 0 bridgehead atoms. The molecule has 0 fully saturated rings. The van der Waals surface area contributed by atoms with Crippen molar-refractivity contribution in [1.29, 1.82) is 0 Å². The molecule has 0 aliphatic carbocycles. The number of nitrogens with one attached hydrogen (secondary N) is 2. The van der Waals surface area contributed by atoms with Crippen molar-refractivity contribution in [2.75, 3.05) is 18.4 Å². The molecule has 0 aromatic heterocycles. The monoisotopic (exact) mass is 351 g/mol. The number of nitro benzene ring substituents is 1. The fourth-order valence-electron chi connectivity index (χ4n) is 2.77. The van der Waals surface area contributed by atoms with E-state index >= 15 is 0 Å². The minimum absolute atomic E-state index is 0. The van der Waals surface area contributed by atoms with Gasteiger partial charge in [0.2, 0.25) is 0 Å². The number of hydrogen-bond donors (Lipinski definition) is 4. The molecular weight excluding hydrogens is 334 g/mol. The first kappa shape index (κ1) is 17.8. The van der Waals surface area contributed by atoms with Crippen LogP contribution in [0.3, 0.4) is 0 Å². The number of hydrogen-bond acceptors (Lipinski definition) is 6. The molecule has 0 spiro atoms. The van der Waals surface area contributed by atoms with Gasteiger partial charge in [0, 0.05) is 30.4 Å². The van der Waals surface area contributed by atoms with Crippen LogP contribution in [0.5, 0.6) is 11.5 Å². The highest BCUT2D eigenvalue weighted by Crippen LogP contribution is 2.33. The SMILES string of the molecule is Cl.O=[N+]([O-])c1ccc(NCC2NCCc3cc(O)c(O)cc32)cc1. The standard InChI is InChI=1S/C16H17N3O4.ClH/c20-15-7-10-5-6-17-14(13(10)8-16(15)21)9-18-11-1-3-12(4-2-11)19(22)23;/h1-4,7-8,14,17-18,20-21H,5-6,9H2;1H. The topological polar surface area (TPSA) is 108 Å². The Morgan fingerprint density at radius 3 is 2.54 bits per heavy atom. The van der Waals surface area contributed by atoms with Crippen LogP contribution in [0.2, 0.25) is 0 Å². The minimum Gasteiger partial charge on any atom is -0.504 e. The van der Waals surface area contributed by atoms with Crippen molar-refractivity contribution >= 4 is 23.8 Å². The Kier molecular flexibility index (Phi) is 5.48. The molecule has 4 N–H and O–H groups in total. The number of fused-ring (bicyclic) bond motifs is 1. The Balaban J connectivity index is 0.00000208. The summed E-state index contributed by atoms with van der Waals surface area (Å²) < 4.78 is 0. The number of non-ortho nitro benzene ring substituents is 1. The Hall–Kier alpha value is -2.51. The summed E-state index contributed by atoms with van der Waals surface area (Å²) in [6.07, 6.45) is 0.789. The van der Waals surface area contributed by atoms with Crippen molar-refractivity contribution in [3.05, 3.63) is 57.6 Å². The molecule has 1 atom stereocenters. The van der Waals surface area contributed by atoms with Crippen molar-refractivity contribution in [3.63, 3.8) is 0 Å². The highest BCUT2D eigenvalue weighted by molar-refractivity contribution is 5.85. The van der Waals surface area contributed by atoms with Gasteiger partial charge in [-0.15, -0.1) is 12.4 Å². The number of nitrogens with zero attached hydrogens (tertiary/aromatic N) is 1. The fraction of sp³-hybridized carbons (Fsp3) is 0.250. The maximum atomic E-state index is 10.6. The lowest BCUT2D eigenvalue weighted by atomic mass is 9.93. The van der Waals surface area contributed by atoms with Crippen LogP contribution in [-0.2, 0) is 6.42 Å². The van der Waals surface area contributed by atoms with Crippen LogP contribution in [0, 0.1) is 10.1 Å². The molecule has 0 radical (unpaired) electrons. The normalized spacial score (nSPS) is 15.9. The lowest BCUT2D eigenvalue weighted by Crippen LogP contribution is -2.34. The van der Waals surface area contributed by atoms with Gasteiger partial charge in [-0.2, -0.15) is 0 Å². The summed E-state index contributed by atoms with van der Waals surface area (Å²) in [5.74, 6) is -0.236. The molecule has 7 nitrogen and oxygen atoms in total. The third-order valence-electron chi connectivity index (χ3n) is 3.99. The second-order valence-corrected chi connectivity index (χ2v) is 5.48. The van der Waals surface area contributed by atoms with Crippen LogP contribution < -0.4 is 10.6 Å². The van der Waals surface area contributed by atoms with Gasteiger partial charge in [0.05, 0.1) is 4.92 Å². The number of halogens is 1. The molecule has 128 valence electrons. The van der Waals surface area contributed by atoms with Crippen molar-refractivity contribution < 1.29 is 15.1 Å². The van der Waals surface area contributed by atoms with Gasteiger partial charge in [-0.1, -0.05) is 0 Å². The first-order valence-corrected chi connectivity index (χ1v) is 7.31. The lowest BCUT2D eigenvalue weighted by molar-refractivity contribution is -0.384. The Labute approximate surface area is 144 Å². The summed E-state index contributed by atoms with van der Waals surface area (Å²) in [4.78, 5) is 10.2. The summed E-state index contributed by atoms with van der Waals surface area (Å²) in [6, 6.07) is 9.40. The summed E-state index contributed by atoms with van der Waals surface area (Å²) in [7, 11) is 0. The molecule has 0 amide bonds. The van der Waals surface area contributed by atoms with Crippen LogP contribution in [0.25, 0.3) is 0 Å². The molecule has 1 aliphatic heterocycles. The molecule has 0 saturated carbocycles. The van der Waals surface area contributed by atoms with Gasteiger partial charge in [-0.3, -0.25) is 10.1 Å². The number of phenols is 2. The Bertz CT molecular complexity index is 737. The lowest BCUT2D eigenvalue weighted by Gasteiger charge is -2.28. The number of rotatable bonds is 4. The maximum absolute atomic E-state index is 10.6. The van der Waals surface area contributed by atoms with E-state index in [-0.39, 0.29) is 35.6 Å². The van der Waals surface area contributed by atoms with Gasteiger partial charge < -0.3 is 20.8 Å². The van der Waals surface area contributed by atoms with E-state index in [1.165, 1.54) is 12.1 Å². The van der Waals surface area contributed by atoms with E-state index < -0.39 is 4.92 Å². The highest BCUT2D eigenvalue weighted by Gasteiger charge is 2.21. The summed E-state index contributed by atoms with van der Waals surface area (Å²) in [5.41, 5.74) is 2.79. The van der Waals surface area contributed by atoms with Gasteiger partial charge in [0.1, 0.15) is 0 Å². The van der Waals surface area contributed by atoms with Crippen molar-refractivity contribution in [1.82, 2.24) is 5.32 Å². The number of phenolic OH excluding ortho intramolecular Hbond substituents is 2. The zero-order valence-corrected chi connectivity index (χ0v) is 13.5. The minimum atomic E-state index is -0.433. The first-order valence-electron chi connectivity index (χ1n) is 7.31. The second-order valence-electron chi connectivity index (χ2n) is 5.48. The smallest absolute Gasteiger partial charge is 0.269 e. The van der Waals surface area contributed by atoms with Crippen molar-refractivity contribution in [2.24, 2.45) is 0 Å². The van der Waals surface area contributed by atoms with E-state index in [9.17, 15) is 20.3 Å². The molecular formula is C16H18ClN3O4. The molecule has 24 heavy (non-hydrogen) atoms. The number of benzene rings is 2. The molecule has 8 heteroatoms. The highest BCUT2D eigenvalue weighted by atomic mass is 35.5. The zero-order valence-electron chi connectivity index (χ0n) is 12.7. The van der Waals surface area contributed by atoms with Gasteiger partial charge in [-0.25, -0.2) is 0 Å². The first-order chi connectivity index (χ1) is 11.0. The molecule has 1 aliphatic rings. The van der Waals surface area contributed by atoms with Gasteiger partial charge in [0.25, 0.3) is 5.69 Å². The quantitative estimate of drug-likeness (QED) is 0.383. The third-order valence-corrected chi connectivity index (χ3v) is 3.99. The summed E-state index contributed by atoms with van der Waals surface area (Å²) in [6.45, 7) is 1.35. The van der Waals surface area contributed by atoms with E-state index in [1.54, 1.807) is 24.3 Å².